The third-order valence-electron chi connectivity index (χ3n) is 8.12. The van der Waals surface area contributed by atoms with Gasteiger partial charge in [0.25, 0.3) is 0 Å². The van der Waals surface area contributed by atoms with Gasteiger partial charge in [-0.1, -0.05) is 17.7 Å². The van der Waals surface area contributed by atoms with Gasteiger partial charge in [0, 0.05) is 28.9 Å². The molecule has 2 aromatic rings. The molecule has 0 radical (unpaired) electrons. The Morgan fingerprint density at radius 1 is 1.06 bits per heavy atom. The molecule has 8 nitrogen and oxygen atoms in total. The van der Waals surface area contributed by atoms with E-state index in [0.717, 1.165) is 18.4 Å². The van der Waals surface area contributed by atoms with Crippen LogP contribution in [0.2, 0.25) is 5.02 Å². The Morgan fingerprint density at radius 3 is 2.63 bits per heavy atom. The molecule has 2 aromatic carbocycles. The monoisotopic (exact) mass is 495 g/mol. The molecule has 0 aliphatic carbocycles. The fraction of sp³-hybridized carbons (Fsp3) is 0.423. The van der Waals surface area contributed by atoms with E-state index in [2.05, 4.69) is 10.2 Å². The number of carbonyl (C=O) groups excluding carboxylic acids is 3. The molecule has 6 rings (SSSR count). The highest BCUT2D eigenvalue weighted by molar-refractivity contribution is 6.31. The summed E-state index contributed by atoms with van der Waals surface area (Å²) in [7, 11) is 3.14. The second-order valence-corrected chi connectivity index (χ2v) is 10.0. The Labute approximate surface area is 208 Å². The minimum Gasteiger partial charge on any atom is -0.493 e. The number of rotatable bonds is 5. The molecule has 4 atom stereocenters. The number of carbonyl (C=O) groups is 3. The van der Waals surface area contributed by atoms with Crippen molar-refractivity contribution < 1.29 is 23.9 Å². The van der Waals surface area contributed by atoms with Crippen LogP contribution in [0.25, 0.3) is 0 Å². The summed E-state index contributed by atoms with van der Waals surface area (Å²) in [6.07, 6.45) is 2.15. The van der Waals surface area contributed by atoms with Crippen LogP contribution in [-0.4, -0.2) is 60.9 Å². The van der Waals surface area contributed by atoms with Crippen LogP contribution in [0, 0.1) is 11.8 Å². The van der Waals surface area contributed by atoms with Crippen molar-refractivity contribution in [2.75, 3.05) is 32.6 Å². The van der Waals surface area contributed by atoms with Crippen LogP contribution in [0.3, 0.4) is 0 Å². The molecule has 4 heterocycles. The standard InChI is InChI=1S/C26H26ClN3O5/c1-34-19-8-5-14(12-20(19)35-2)9-11-29-23(31)21-18-4-3-10-30(18)26(22(21)24(29)32)16-13-15(27)6-7-17(16)28-25(26)33/h5-8,12-13,18,21-22H,3-4,9-11H2,1-2H3,(H,28,33)/t18-,21+,22-,26-/m0/s1. The second-order valence-electron chi connectivity index (χ2n) is 9.58. The molecule has 0 saturated carbocycles. The SMILES string of the molecule is COc1ccc(CCN2C(=O)[C@H]3[C@@H](C2=O)[C@@]2(C(=O)Nc4ccc(Cl)cc42)N2CCC[C@@H]32)cc1OC. The first-order valence-electron chi connectivity index (χ1n) is 11.9. The van der Waals surface area contributed by atoms with Gasteiger partial charge in [0.1, 0.15) is 5.54 Å². The van der Waals surface area contributed by atoms with E-state index in [4.69, 9.17) is 21.1 Å². The number of amides is 3. The zero-order chi connectivity index (χ0) is 24.5. The highest BCUT2D eigenvalue weighted by atomic mass is 35.5. The predicted octanol–water partition coefficient (Wildman–Crippen LogP) is 2.83. The first-order valence-corrected chi connectivity index (χ1v) is 12.2. The zero-order valence-corrected chi connectivity index (χ0v) is 20.3. The molecular formula is C26H26ClN3O5. The van der Waals surface area contributed by atoms with Crippen molar-refractivity contribution in [2.24, 2.45) is 11.8 Å². The molecule has 182 valence electrons. The lowest BCUT2D eigenvalue weighted by atomic mass is 9.75. The minimum atomic E-state index is -1.20. The zero-order valence-electron chi connectivity index (χ0n) is 19.5. The number of hydrogen-bond acceptors (Lipinski definition) is 6. The molecule has 3 amide bonds. The fourth-order valence-electron chi connectivity index (χ4n) is 6.73. The van der Waals surface area contributed by atoms with Gasteiger partial charge in [0.05, 0.1) is 26.1 Å². The van der Waals surface area contributed by atoms with Crippen LogP contribution in [-0.2, 0) is 26.3 Å². The lowest BCUT2D eigenvalue weighted by Crippen LogP contribution is -2.54. The number of ether oxygens (including phenoxy) is 2. The van der Waals surface area contributed by atoms with E-state index in [-0.39, 0.29) is 30.3 Å². The fourth-order valence-corrected chi connectivity index (χ4v) is 6.90. The molecule has 3 fully saturated rings. The maximum Gasteiger partial charge on any atom is 0.250 e. The van der Waals surface area contributed by atoms with Crippen molar-refractivity contribution >= 4 is 35.0 Å². The van der Waals surface area contributed by atoms with E-state index in [9.17, 15) is 14.4 Å². The number of nitrogens with one attached hydrogen (secondary N) is 1. The van der Waals surface area contributed by atoms with E-state index in [1.807, 2.05) is 18.2 Å². The number of anilines is 1. The van der Waals surface area contributed by atoms with Gasteiger partial charge in [-0.3, -0.25) is 24.2 Å². The van der Waals surface area contributed by atoms with Gasteiger partial charge in [-0.25, -0.2) is 0 Å². The Kier molecular flexibility index (Phi) is 5.09. The smallest absolute Gasteiger partial charge is 0.250 e. The van der Waals surface area contributed by atoms with Gasteiger partial charge in [-0.15, -0.1) is 0 Å². The van der Waals surface area contributed by atoms with Crippen molar-refractivity contribution in [3.05, 3.63) is 52.5 Å². The van der Waals surface area contributed by atoms with Crippen molar-refractivity contribution in [3.63, 3.8) is 0 Å². The lowest BCUT2D eigenvalue weighted by Gasteiger charge is -2.36. The van der Waals surface area contributed by atoms with E-state index in [0.29, 0.717) is 40.7 Å². The molecule has 9 heteroatoms. The summed E-state index contributed by atoms with van der Waals surface area (Å²) < 4.78 is 10.7. The predicted molar refractivity (Wildman–Crippen MR) is 128 cm³/mol. The molecule has 0 aromatic heterocycles. The van der Waals surface area contributed by atoms with Gasteiger partial charge < -0.3 is 14.8 Å². The Morgan fingerprint density at radius 2 is 1.86 bits per heavy atom. The number of fused-ring (bicyclic) bond motifs is 7. The third kappa shape index (κ3) is 2.93. The molecule has 4 aliphatic rings. The maximum absolute atomic E-state index is 13.9. The number of benzene rings is 2. The molecule has 35 heavy (non-hydrogen) atoms. The van der Waals surface area contributed by atoms with E-state index >= 15 is 0 Å². The summed E-state index contributed by atoms with van der Waals surface area (Å²) in [5.41, 5.74) is 1.09. The number of likely N-dealkylation sites (tertiary alicyclic amines) is 1. The lowest BCUT2D eigenvalue weighted by molar-refractivity contribution is -0.145. The summed E-state index contributed by atoms with van der Waals surface area (Å²) in [6, 6.07) is 10.7. The van der Waals surface area contributed by atoms with Gasteiger partial charge in [-0.05, 0) is 61.7 Å². The summed E-state index contributed by atoms with van der Waals surface area (Å²) in [5, 5.41) is 3.47. The normalized spacial score (nSPS) is 28.9. The molecule has 1 spiro atoms. The number of imide groups is 1. The number of nitrogens with zero attached hydrogens (tertiary/aromatic N) is 2. The Balaban J connectivity index is 1.35. The van der Waals surface area contributed by atoms with Crippen molar-refractivity contribution in [2.45, 2.75) is 30.8 Å². The van der Waals surface area contributed by atoms with Crippen LogP contribution in [0.4, 0.5) is 5.69 Å². The number of halogens is 1. The van der Waals surface area contributed by atoms with Crippen molar-refractivity contribution in [3.8, 4) is 11.5 Å². The summed E-state index contributed by atoms with van der Waals surface area (Å²) >= 11 is 6.34. The van der Waals surface area contributed by atoms with E-state index in [1.54, 1.807) is 32.4 Å². The highest BCUT2D eigenvalue weighted by Crippen LogP contribution is 2.60. The molecule has 3 saturated heterocycles. The summed E-state index contributed by atoms with van der Waals surface area (Å²) in [4.78, 5) is 44.7. The summed E-state index contributed by atoms with van der Waals surface area (Å²) in [6.45, 7) is 0.913. The molecular weight excluding hydrogens is 470 g/mol. The van der Waals surface area contributed by atoms with E-state index < -0.39 is 17.4 Å². The number of methoxy groups -OCH3 is 2. The molecule has 4 aliphatic heterocycles. The van der Waals surface area contributed by atoms with Crippen LogP contribution in [0.15, 0.2) is 36.4 Å². The quantitative estimate of drug-likeness (QED) is 0.642. The number of hydrogen-bond donors (Lipinski definition) is 1. The van der Waals surface area contributed by atoms with Gasteiger partial charge in [0.15, 0.2) is 11.5 Å². The van der Waals surface area contributed by atoms with Crippen molar-refractivity contribution in [1.82, 2.24) is 9.80 Å². The summed E-state index contributed by atoms with van der Waals surface area (Å²) in [5.74, 6) is -0.784. The first kappa shape index (κ1) is 22.4. The van der Waals surface area contributed by atoms with Crippen LogP contribution < -0.4 is 14.8 Å². The maximum atomic E-state index is 13.9. The highest BCUT2D eigenvalue weighted by Gasteiger charge is 2.74. The van der Waals surface area contributed by atoms with Gasteiger partial charge in [0.2, 0.25) is 17.7 Å². The van der Waals surface area contributed by atoms with Gasteiger partial charge in [-0.2, -0.15) is 0 Å². The third-order valence-corrected chi connectivity index (χ3v) is 8.35. The van der Waals surface area contributed by atoms with Crippen LogP contribution >= 0.6 is 11.6 Å². The average Bonchev–Trinajstić information content (AvgIpc) is 3.56. The molecule has 0 unspecified atom stereocenters. The molecule has 1 N–H and O–H groups in total. The second kappa shape index (κ2) is 7.96. The topological polar surface area (TPSA) is 88.2 Å². The van der Waals surface area contributed by atoms with E-state index in [1.165, 1.54) is 4.90 Å². The Hall–Kier alpha value is -3.10. The molecule has 0 bridgehead atoms. The first-order chi connectivity index (χ1) is 16.9. The van der Waals surface area contributed by atoms with Crippen LogP contribution in [0.5, 0.6) is 11.5 Å². The van der Waals surface area contributed by atoms with Crippen LogP contribution in [0.1, 0.15) is 24.0 Å². The average molecular weight is 496 g/mol. The largest absolute Gasteiger partial charge is 0.493 e. The Bertz CT molecular complexity index is 1270. The van der Waals surface area contributed by atoms with Gasteiger partial charge >= 0.3 is 0 Å². The van der Waals surface area contributed by atoms with Crippen molar-refractivity contribution in [1.29, 1.82) is 0 Å². The minimum absolute atomic E-state index is 0.141.